The molecule has 0 unspecified atom stereocenters. The van der Waals surface area contributed by atoms with Gasteiger partial charge in [0.25, 0.3) is 0 Å². The second-order valence-electron chi connectivity index (χ2n) is 8.63. The van der Waals surface area contributed by atoms with E-state index in [2.05, 4.69) is 35.8 Å². The van der Waals surface area contributed by atoms with Crippen LogP contribution in [0.3, 0.4) is 0 Å². The molecule has 5 rings (SSSR count). The second kappa shape index (κ2) is 7.41. The van der Waals surface area contributed by atoms with Crippen LogP contribution >= 0.6 is 0 Å². The quantitative estimate of drug-likeness (QED) is 0.761. The summed E-state index contributed by atoms with van der Waals surface area (Å²) in [6.07, 6.45) is 6.46. The van der Waals surface area contributed by atoms with Gasteiger partial charge in [0.15, 0.2) is 0 Å². The molecular formula is C22H29N5O. The zero-order chi connectivity index (χ0) is 19.1. The Bertz CT molecular complexity index is 897. The minimum absolute atomic E-state index is 0.0184. The zero-order valence-corrected chi connectivity index (χ0v) is 16.5. The molecule has 0 spiro atoms. The molecule has 1 saturated heterocycles. The topological polar surface area (TPSA) is 82.4 Å². The van der Waals surface area contributed by atoms with Crippen LogP contribution in [-0.4, -0.2) is 52.1 Å². The number of hydrogen-bond acceptors (Lipinski definition) is 6. The number of nitrogens with one attached hydrogen (secondary N) is 2. The molecule has 0 bridgehead atoms. The fraction of sp³-hybridized carbons (Fsp3) is 0.591. The van der Waals surface area contributed by atoms with Crippen molar-refractivity contribution in [1.82, 2.24) is 15.3 Å². The molecule has 148 valence electrons. The minimum atomic E-state index is -0.394. The molecule has 2 aromatic rings. The molecule has 1 aromatic heterocycles. The Morgan fingerprint density at radius 2 is 1.93 bits per heavy atom. The predicted octanol–water partition coefficient (Wildman–Crippen LogP) is 2.94. The van der Waals surface area contributed by atoms with Gasteiger partial charge in [-0.3, -0.25) is 4.99 Å². The standard InChI is InChI=1S/C22H29N5O/c1-13-2-9-18-17(10-13)22(26-19-11-23-12-20(19)28)27-21(25-18)14-3-5-15(6-4-14)24-16-7-8-16/h2,9-10,14,16,19-20,23,28H,3-8,11-12H2,1H3,(H,25,26,27)/t14?,19-,20+/m1/s1. The predicted molar refractivity (Wildman–Crippen MR) is 112 cm³/mol. The van der Waals surface area contributed by atoms with E-state index in [4.69, 9.17) is 15.0 Å². The molecular weight excluding hydrogens is 350 g/mol. The molecule has 6 heteroatoms. The van der Waals surface area contributed by atoms with Crippen molar-refractivity contribution in [3.8, 4) is 0 Å². The number of aliphatic hydroxyl groups excluding tert-OH is 1. The summed E-state index contributed by atoms with van der Waals surface area (Å²) < 4.78 is 0. The summed E-state index contributed by atoms with van der Waals surface area (Å²) in [6.45, 7) is 3.46. The fourth-order valence-corrected chi connectivity index (χ4v) is 4.34. The maximum atomic E-state index is 10.2. The first-order valence-electron chi connectivity index (χ1n) is 10.6. The van der Waals surface area contributed by atoms with Gasteiger partial charge in [-0.05, 0) is 57.6 Å². The van der Waals surface area contributed by atoms with E-state index in [9.17, 15) is 5.11 Å². The monoisotopic (exact) mass is 379 g/mol. The van der Waals surface area contributed by atoms with Crippen molar-refractivity contribution in [1.29, 1.82) is 0 Å². The minimum Gasteiger partial charge on any atom is -0.390 e. The Labute approximate surface area is 165 Å². The van der Waals surface area contributed by atoms with Crippen LogP contribution in [0.25, 0.3) is 10.9 Å². The number of aliphatic hydroxyl groups is 1. The SMILES string of the molecule is Cc1ccc2nc(C3CCC(=NC4CC4)CC3)nc(N[C@@H]3CNC[C@@H]3O)c2c1. The third-order valence-electron chi connectivity index (χ3n) is 6.21. The summed E-state index contributed by atoms with van der Waals surface area (Å²) >= 11 is 0. The van der Waals surface area contributed by atoms with Gasteiger partial charge in [-0.25, -0.2) is 9.97 Å². The van der Waals surface area contributed by atoms with Crippen molar-refractivity contribution in [2.75, 3.05) is 18.4 Å². The van der Waals surface area contributed by atoms with Crippen LogP contribution in [0, 0.1) is 6.92 Å². The number of nitrogens with zero attached hydrogens (tertiary/aromatic N) is 3. The lowest BCUT2D eigenvalue weighted by Gasteiger charge is -2.24. The van der Waals surface area contributed by atoms with Crippen molar-refractivity contribution in [3.05, 3.63) is 29.6 Å². The number of fused-ring (bicyclic) bond motifs is 1. The van der Waals surface area contributed by atoms with Gasteiger partial charge in [0.05, 0.1) is 23.7 Å². The van der Waals surface area contributed by atoms with Gasteiger partial charge in [0.1, 0.15) is 11.6 Å². The molecule has 3 aliphatic rings. The Morgan fingerprint density at radius 3 is 2.64 bits per heavy atom. The summed E-state index contributed by atoms with van der Waals surface area (Å²) in [5, 5.41) is 18.0. The highest BCUT2D eigenvalue weighted by molar-refractivity contribution is 5.90. The highest BCUT2D eigenvalue weighted by Gasteiger charge is 2.28. The summed E-state index contributed by atoms with van der Waals surface area (Å²) in [6, 6.07) is 6.94. The summed E-state index contributed by atoms with van der Waals surface area (Å²) in [5.74, 6) is 2.18. The molecule has 1 aliphatic heterocycles. The number of aryl methyl sites for hydroxylation is 1. The third-order valence-corrected chi connectivity index (χ3v) is 6.21. The van der Waals surface area contributed by atoms with Crippen molar-refractivity contribution in [2.24, 2.45) is 4.99 Å². The number of hydrogen-bond donors (Lipinski definition) is 3. The number of β-amino-alcohol motifs (C(OH)–C–C–N with tert-alkyl or cyclic N) is 1. The van der Waals surface area contributed by atoms with Gasteiger partial charge < -0.3 is 15.7 Å². The summed E-state index contributed by atoms with van der Waals surface area (Å²) in [4.78, 5) is 14.7. The molecule has 6 nitrogen and oxygen atoms in total. The maximum Gasteiger partial charge on any atom is 0.138 e. The second-order valence-corrected chi connectivity index (χ2v) is 8.63. The van der Waals surface area contributed by atoms with Crippen LogP contribution in [-0.2, 0) is 0 Å². The van der Waals surface area contributed by atoms with Crippen LogP contribution in [0.2, 0.25) is 0 Å². The third kappa shape index (κ3) is 3.76. The van der Waals surface area contributed by atoms with Gasteiger partial charge in [-0.2, -0.15) is 0 Å². The molecule has 0 amide bonds. The molecule has 2 atom stereocenters. The summed E-state index contributed by atoms with van der Waals surface area (Å²) in [5.41, 5.74) is 3.57. The number of rotatable bonds is 4. The number of anilines is 1. The van der Waals surface area contributed by atoms with E-state index in [1.54, 1.807) is 0 Å². The largest absolute Gasteiger partial charge is 0.390 e. The Balaban J connectivity index is 1.43. The van der Waals surface area contributed by atoms with E-state index in [0.29, 0.717) is 18.5 Å². The van der Waals surface area contributed by atoms with Crippen LogP contribution in [0.1, 0.15) is 55.8 Å². The molecule has 0 radical (unpaired) electrons. The Hall–Kier alpha value is -2.05. The molecule has 1 aromatic carbocycles. The molecule has 2 heterocycles. The lowest BCUT2D eigenvalue weighted by atomic mass is 9.87. The van der Waals surface area contributed by atoms with Crippen molar-refractivity contribution in [3.63, 3.8) is 0 Å². The smallest absolute Gasteiger partial charge is 0.138 e. The highest BCUT2D eigenvalue weighted by atomic mass is 16.3. The number of aromatic nitrogens is 2. The first-order chi connectivity index (χ1) is 13.7. The van der Waals surface area contributed by atoms with E-state index >= 15 is 0 Å². The van der Waals surface area contributed by atoms with Crippen LogP contribution in [0.15, 0.2) is 23.2 Å². The van der Waals surface area contributed by atoms with Gasteiger partial charge >= 0.3 is 0 Å². The number of benzene rings is 1. The maximum absolute atomic E-state index is 10.2. The first kappa shape index (κ1) is 18.0. The summed E-state index contributed by atoms with van der Waals surface area (Å²) in [7, 11) is 0. The first-order valence-corrected chi connectivity index (χ1v) is 10.6. The molecule has 28 heavy (non-hydrogen) atoms. The lowest BCUT2D eigenvalue weighted by Crippen LogP contribution is -2.32. The molecule has 2 saturated carbocycles. The van der Waals surface area contributed by atoms with E-state index in [0.717, 1.165) is 54.8 Å². The molecule has 3 fully saturated rings. The van der Waals surface area contributed by atoms with E-state index in [1.165, 1.54) is 24.1 Å². The molecule has 3 N–H and O–H groups in total. The van der Waals surface area contributed by atoms with Gasteiger partial charge in [0.2, 0.25) is 0 Å². The van der Waals surface area contributed by atoms with Gasteiger partial charge in [-0.15, -0.1) is 0 Å². The fourth-order valence-electron chi connectivity index (χ4n) is 4.34. The van der Waals surface area contributed by atoms with Crippen molar-refractivity contribution in [2.45, 2.75) is 69.6 Å². The van der Waals surface area contributed by atoms with E-state index < -0.39 is 6.10 Å². The normalized spacial score (nSPS) is 27.9. The Morgan fingerprint density at radius 1 is 1.11 bits per heavy atom. The van der Waals surface area contributed by atoms with Crippen molar-refractivity contribution < 1.29 is 5.11 Å². The Kier molecular flexibility index (Phi) is 4.77. The van der Waals surface area contributed by atoms with Gasteiger partial charge in [0, 0.05) is 30.1 Å². The average Bonchev–Trinajstić information content (AvgIpc) is 3.43. The zero-order valence-electron chi connectivity index (χ0n) is 16.5. The molecule has 2 aliphatic carbocycles. The lowest BCUT2D eigenvalue weighted by molar-refractivity contribution is 0.185. The number of aliphatic imine (C=N–C) groups is 1. The van der Waals surface area contributed by atoms with Crippen LogP contribution in [0.5, 0.6) is 0 Å². The van der Waals surface area contributed by atoms with E-state index in [1.807, 2.05) is 0 Å². The van der Waals surface area contributed by atoms with Crippen molar-refractivity contribution >= 4 is 22.4 Å². The van der Waals surface area contributed by atoms with Crippen LogP contribution in [0.4, 0.5) is 5.82 Å². The van der Waals surface area contributed by atoms with E-state index in [-0.39, 0.29) is 6.04 Å². The van der Waals surface area contributed by atoms with Gasteiger partial charge in [-0.1, -0.05) is 11.6 Å². The highest BCUT2D eigenvalue weighted by Crippen LogP contribution is 2.34. The van der Waals surface area contributed by atoms with Crippen LogP contribution < -0.4 is 10.6 Å². The average molecular weight is 380 g/mol.